The Kier molecular flexibility index (Phi) is 3.98. The molecule has 0 atom stereocenters. The van der Waals surface area contributed by atoms with E-state index >= 15 is 0 Å². The molecule has 0 saturated heterocycles. The van der Waals surface area contributed by atoms with Gasteiger partial charge in [0.25, 0.3) is 0 Å². The molecule has 2 aromatic rings. The van der Waals surface area contributed by atoms with Crippen molar-refractivity contribution < 1.29 is 18.0 Å². The van der Waals surface area contributed by atoms with Gasteiger partial charge in [-0.1, -0.05) is 44.2 Å². The van der Waals surface area contributed by atoms with Gasteiger partial charge in [-0.05, 0) is 23.8 Å². The Bertz CT molecular complexity index is 848. The van der Waals surface area contributed by atoms with Crippen LogP contribution in [0.25, 0.3) is 0 Å². The van der Waals surface area contributed by atoms with Gasteiger partial charge < -0.3 is 4.90 Å². The minimum atomic E-state index is -4.41. The second-order valence-electron chi connectivity index (χ2n) is 6.67. The van der Waals surface area contributed by atoms with Gasteiger partial charge in [0.1, 0.15) is 0 Å². The van der Waals surface area contributed by atoms with Gasteiger partial charge in [-0.2, -0.15) is 13.2 Å². The predicted octanol–water partition coefficient (Wildman–Crippen LogP) is 5.20. The predicted molar refractivity (Wildman–Crippen MR) is 91.7 cm³/mol. The number of nitrogens with zero attached hydrogens (tertiary/aromatic N) is 1. The van der Waals surface area contributed by atoms with E-state index in [-0.39, 0.29) is 16.8 Å². The fourth-order valence-electron chi connectivity index (χ4n) is 3.29. The number of carbonyl (C=O) groups is 1. The number of carbonyl (C=O) groups excluding carboxylic acids is 1. The Morgan fingerprint density at radius 1 is 1.04 bits per heavy atom. The average Bonchev–Trinajstić information content (AvgIpc) is 2.75. The number of benzene rings is 2. The molecule has 0 unspecified atom stereocenters. The molecule has 0 spiro atoms. The van der Waals surface area contributed by atoms with Gasteiger partial charge in [0.15, 0.2) is 5.78 Å². The van der Waals surface area contributed by atoms with Crippen molar-refractivity contribution in [3.05, 3.63) is 77.0 Å². The number of rotatable bonds is 2. The van der Waals surface area contributed by atoms with Gasteiger partial charge in [0, 0.05) is 35.5 Å². The molecular weight excluding hydrogens is 327 g/mol. The molecule has 25 heavy (non-hydrogen) atoms. The standard InChI is InChI=1S/C20H18F3NO/c1-19(2)15-6-4-5-7-16(15)24(3)18(19)12-17(25)13-8-10-14(11-9-13)20(21,22)23/h4-12H,1-3H3. The molecule has 5 heteroatoms. The minimum Gasteiger partial charge on any atom is -0.347 e. The van der Waals surface area contributed by atoms with Gasteiger partial charge >= 0.3 is 6.18 Å². The lowest BCUT2D eigenvalue weighted by atomic mass is 9.83. The molecule has 3 rings (SSSR count). The van der Waals surface area contributed by atoms with Crippen LogP contribution < -0.4 is 4.90 Å². The quantitative estimate of drug-likeness (QED) is 0.551. The van der Waals surface area contributed by atoms with Crippen molar-refractivity contribution >= 4 is 11.5 Å². The molecule has 1 heterocycles. The number of alkyl halides is 3. The third kappa shape index (κ3) is 2.95. The largest absolute Gasteiger partial charge is 0.416 e. The Hall–Kier alpha value is -2.56. The van der Waals surface area contributed by atoms with Gasteiger partial charge in [-0.15, -0.1) is 0 Å². The number of halogens is 3. The van der Waals surface area contributed by atoms with E-state index in [0.29, 0.717) is 0 Å². The molecule has 0 aromatic heterocycles. The highest BCUT2D eigenvalue weighted by Gasteiger charge is 2.38. The third-order valence-electron chi connectivity index (χ3n) is 4.71. The number of likely N-dealkylation sites (N-methyl/N-ethyl adjacent to an activating group) is 1. The lowest BCUT2D eigenvalue weighted by Crippen LogP contribution is -2.24. The Morgan fingerprint density at radius 3 is 2.20 bits per heavy atom. The zero-order valence-electron chi connectivity index (χ0n) is 14.2. The topological polar surface area (TPSA) is 20.3 Å². The van der Waals surface area contributed by atoms with Crippen LogP contribution >= 0.6 is 0 Å². The van der Waals surface area contributed by atoms with E-state index < -0.39 is 11.7 Å². The number of hydrogen-bond donors (Lipinski definition) is 0. The summed E-state index contributed by atoms with van der Waals surface area (Å²) >= 11 is 0. The summed E-state index contributed by atoms with van der Waals surface area (Å²) in [5, 5.41) is 0. The summed E-state index contributed by atoms with van der Waals surface area (Å²) in [6, 6.07) is 12.2. The summed E-state index contributed by atoms with van der Waals surface area (Å²) < 4.78 is 37.9. The number of para-hydroxylation sites is 1. The number of hydrogen-bond acceptors (Lipinski definition) is 2. The van der Waals surface area contributed by atoms with Gasteiger partial charge in [0.05, 0.1) is 5.56 Å². The molecular formula is C20H18F3NO. The van der Waals surface area contributed by atoms with Crippen LogP contribution in [0.3, 0.4) is 0 Å². The molecule has 0 amide bonds. The van der Waals surface area contributed by atoms with Gasteiger partial charge in [-0.3, -0.25) is 4.79 Å². The van der Waals surface area contributed by atoms with Crippen LogP contribution in [0.5, 0.6) is 0 Å². The first-order chi connectivity index (χ1) is 11.6. The smallest absolute Gasteiger partial charge is 0.347 e. The van der Waals surface area contributed by atoms with Crippen molar-refractivity contribution in [3.63, 3.8) is 0 Å². The first-order valence-corrected chi connectivity index (χ1v) is 7.89. The molecule has 2 nitrogen and oxygen atoms in total. The first kappa shape index (κ1) is 17.3. The molecule has 0 N–H and O–H groups in total. The van der Waals surface area contributed by atoms with Crippen LogP contribution in [-0.4, -0.2) is 12.8 Å². The lowest BCUT2D eigenvalue weighted by molar-refractivity contribution is -0.137. The molecule has 0 radical (unpaired) electrons. The number of fused-ring (bicyclic) bond motifs is 1. The summed E-state index contributed by atoms with van der Waals surface area (Å²) in [5.41, 5.74) is 2.08. The summed E-state index contributed by atoms with van der Waals surface area (Å²) in [7, 11) is 1.89. The van der Waals surface area contributed by atoms with Crippen LogP contribution in [0.15, 0.2) is 60.3 Å². The monoisotopic (exact) mass is 345 g/mol. The lowest BCUT2D eigenvalue weighted by Gasteiger charge is -2.24. The minimum absolute atomic E-state index is 0.237. The average molecular weight is 345 g/mol. The molecule has 0 bridgehead atoms. The fourth-order valence-corrected chi connectivity index (χ4v) is 3.29. The normalized spacial score (nSPS) is 17.7. The summed E-state index contributed by atoms with van der Waals surface area (Å²) in [6.45, 7) is 4.06. The van der Waals surface area contributed by atoms with Crippen molar-refractivity contribution in [1.82, 2.24) is 0 Å². The number of anilines is 1. The van der Waals surface area contributed by atoms with Crippen LogP contribution in [-0.2, 0) is 11.6 Å². The Morgan fingerprint density at radius 2 is 1.64 bits per heavy atom. The van der Waals surface area contributed by atoms with Gasteiger partial charge in [-0.25, -0.2) is 0 Å². The van der Waals surface area contributed by atoms with Crippen LogP contribution in [0.1, 0.15) is 35.3 Å². The van der Waals surface area contributed by atoms with E-state index in [2.05, 4.69) is 0 Å². The summed E-state index contributed by atoms with van der Waals surface area (Å²) in [4.78, 5) is 14.5. The molecule has 2 aromatic carbocycles. The van der Waals surface area contributed by atoms with Crippen LogP contribution in [0.4, 0.5) is 18.9 Å². The highest BCUT2D eigenvalue weighted by atomic mass is 19.4. The zero-order valence-corrected chi connectivity index (χ0v) is 14.2. The van der Waals surface area contributed by atoms with Crippen molar-refractivity contribution in [2.45, 2.75) is 25.4 Å². The summed E-state index contributed by atoms with van der Waals surface area (Å²) in [6.07, 6.45) is -2.89. The van der Waals surface area contributed by atoms with Crippen molar-refractivity contribution in [1.29, 1.82) is 0 Å². The SMILES string of the molecule is CN1C(=CC(=O)c2ccc(C(F)(F)F)cc2)C(C)(C)c2ccccc21. The van der Waals surface area contributed by atoms with Crippen LogP contribution in [0.2, 0.25) is 0 Å². The number of allylic oxidation sites excluding steroid dienone is 2. The molecule has 0 fully saturated rings. The van der Waals surface area contributed by atoms with Crippen LogP contribution in [0, 0.1) is 0 Å². The third-order valence-corrected chi connectivity index (χ3v) is 4.71. The van der Waals surface area contributed by atoms with E-state index in [1.807, 2.05) is 50.1 Å². The maximum absolute atomic E-state index is 12.6. The second-order valence-corrected chi connectivity index (χ2v) is 6.67. The second kappa shape index (κ2) is 5.76. The van der Waals surface area contributed by atoms with Crippen molar-refractivity contribution in [2.75, 3.05) is 11.9 Å². The van der Waals surface area contributed by atoms with Crippen molar-refractivity contribution in [3.8, 4) is 0 Å². The number of ketones is 1. The highest BCUT2D eigenvalue weighted by Crippen LogP contribution is 2.46. The molecule has 1 aliphatic heterocycles. The van der Waals surface area contributed by atoms with E-state index in [1.165, 1.54) is 18.2 Å². The van der Waals surface area contributed by atoms with E-state index in [9.17, 15) is 18.0 Å². The van der Waals surface area contributed by atoms with Gasteiger partial charge in [0.2, 0.25) is 0 Å². The van der Waals surface area contributed by atoms with Crippen molar-refractivity contribution in [2.24, 2.45) is 0 Å². The summed E-state index contributed by atoms with van der Waals surface area (Å²) in [5.74, 6) is -0.309. The molecule has 0 aliphatic carbocycles. The van der Waals surface area contributed by atoms with E-state index in [1.54, 1.807) is 0 Å². The first-order valence-electron chi connectivity index (χ1n) is 7.89. The molecule has 130 valence electrons. The zero-order chi connectivity index (χ0) is 18.4. The van der Waals surface area contributed by atoms with E-state index in [4.69, 9.17) is 0 Å². The Balaban J connectivity index is 1.94. The maximum atomic E-state index is 12.6. The highest BCUT2D eigenvalue weighted by molar-refractivity contribution is 6.05. The molecule has 1 aliphatic rings. The maximum Gasteiger partial charge on any atom is 0.416 e. The van der Waals surface area contributed by atoms with E-state index in [0.717, 1.165) is 29.1 Å². The fraction of sp³-hybridized carbons (Fsp3) is 0.250. The Labute approximate surface area is 144 Å². The molecule has 0 saturated carbocycles.